The summed E-state index contributed by atoms with van der Waals surface area (Å²) < 4.78 is 7.18. The highest BCUT2D eigenvalue weighted by molar-refractivity contribution is 6.31. The molecule has 0 spiro atoms. The normalized spacial score (nSPS) is 10.8. The fourth-order valence-corrected chi connectivity index (χ4v) is 3.40. The predicted molar refractivity (Wildman–Crippen MR) is 114 cm³/mol. The molecule has 0 atom stereocenters. The smallest absolute Gasteiger partial charge is 0.251 e. The fourth-order valence-electron chi connectivity index (χ4n) is 3.20. The minimum absolute atomic E-state index is 0.152. The largest absolute Gasteiger partial charge is 0.497 e. The third-order valence-corrected chi connectivity index (χ3v) is 5.14. The number of amides is 1. The van der Waals surface area contributed by atoms with E-state index in [4.69, 9.17) is 16.3 Å². The second-order valence-corrected chi connectivity index (χ2v) is 7.11. The second-order valence-electron chi connectivity index (χ2n) is 6.70. The standard InChI is InChI=1S/C23H20ClN3O2/c1-29-20-7-4-5-16(11-20)15-27-22-12-17(9-10-19(22)14-26-27)23(28)25-13-18-6-2-3-8-21(18)24/h2-12,14H,13,15H2,1H3,(H,25,28). The van der Waals surface area contributed by atoms with Gasteiger partial charge in [0.2, 0.25) is 0 Å². The molecule has 0 saturated heterocycles. The third kappa shape index (κ3) is 4.25. The van der Waals surface area contributed by atoms with Crippen LogP contribution in [0.2, 0.25) is 5.02 Å². The highest BCUT2D eigenvalue weighted by Crippen LogP contribution is 2.20. The summed E-state index contributed by atoms with van der Waals surface area (Å²) in [6, 6.07) is 20.9. The molecule has 1 aromatic heterocycles. The number of hydrogen-bond donors (Lipinski definition) is 1. The number of carbonyl (C=O) groups is 1. The highest BCUT2D eigenvalue weighted by atomic mass is 35.5. The Kier molecular flexibility index (Phi) is 5.49. The second kappa shape index (κ2) is 8.37. The van der Waals surface area contributed by atoms with E-state index in [-0.39, 0.29) is 5.91 Å². The van der Waals surface area contributed by atoms with Crippen LogP contribution < -0.4 is 10.1 Å². The number of hydrogen-bond acceptors (Lipinski definition) is 3. The summed E-state index contributed by atoms with van der Waals surface area (Å²) >= 11 is 6.16. The van der Waals surface area contributed by atoms with E-state index in [9.17, 15) is 4.79 Å². The van der Waals surface area contributed by atoms with Crippen molar-refractivity contribution in [3.63, 3.8) is 0 Å². The van der Waals surface area contributed by atoms with Gasteiger partial charge < -0.3 is 10.1 Å². The van der Waals surface area contributed by atoms with E-state index in [0.29, 0.717) is 23.7 Å². The van der Waals surface area contributed by atoms with Gasteiger partial charge in [0.15, 0.2) is 0 Å². The van der Waals surface area contributed by atoms with Gasteiger partial charge in [0.1, 0.15) is 5.75 Å². The molecule has 5 nitrogen and oxygen atoms in total. The predicted octanol–water partition coefficient (Wildman–Crippen LogP) is 4.68. The highest BCUT2D eigenvalue weighted by Gasteiger charge is 2.11. The zero-order valence-corrected chi connectivity index (χ0v) is 16.7. The van der Waals surface area contributed by atoms with Gasteiger partial charge in [-0.25, -0.2) is 0 Å². The van der Waals surface area contributed by atoms with Crippen LogP contribution in [0, 0.1) is 0 Å². The number of benzene rings is 3. The zero-order chi connectivity index (χ0) is 20.2. The van der Waals surface area contributed by atoms with E-state index in [1.54, 1.807) is 13.3 Å². The molecule has 0 fully saturated rings. The Morgan fingerprint density at radius 3 is 2.79 bits per heavy atom. The molecule has 4 rings (SSSR count). The summed E-state index contributed by atoms with van der Waals surface area (Å²) in [6.07, 6.45) is 1.81. The van der Waals surface area contributed by atoms with E-state index in [2.05, 4.69) is 10.4 Å². The van der Waals surface area contributed by atoms with Crippen molar-refractivity contribution in [2.75, 3.05) is 7.11 Å². The lowest BCUT2D eigenvalue weighted by atomic mass is 10.1. The molecule has 0 aliphatic rings. The van der Waals surface area contributed by atoms with Gasteiger partial charge in [0.25, 0.3) is 5.91 Å². The molecule has 146 valence electrons. The van der Waals surface area contributed by atoms with Crippen molar-refractivity contribution >= 4 is 28.4 Å². The Hall–Kier alpha value is -3.31. The molecule has 0 bridgehead atoms. The number of carbonyl (C=O) groups excluding carboxylic acids is 1. The molecule has 1 amide bonds. The lowest BCUT2D eigenvalue weighted by molar-refractivity contribution is 0.0951. The van der Waals surface area contributed by atoms with Crippen LogP contribution in [0.4, 0.5) is 0 Å². The van der Waals surface area contributed by atoms with Crippen LogP contribution in [0.25, 0.3) is 10.9 Å². The van der Waals surface area contributed by atoms with Crippen molar-refractivity contribution in [3.8, 4) is 5.75 Å². The molecule has 0 saturated carbocycles. The maximum atomic E-state index is 12.6. The number of rotatable bonds is 6. The summed E-state index contributed by atoms with van der Waals surface area (Å²) in [4.78, 5) is 12.6. The molecule has 3 aromatic carbocycles. The van der Waals surface area contributed by atoms with Crippen LogP contribution in [-0.4, -0.2) is 22.8 Å². The van der Waals surface area contributed by atoms with E-state index in [0.717, 1.165) is 27.8 Å². The van der Waals surface area contributed by atoms with Crippen molar-refractivity contribution in [2.45, 2.75) is 13.1 Å². The first kappa shape index (κ1) is 19.0. The monoisotopic (exact) mass is 405 g/mol. The first-order valence-corrected chi connectivity index (χ1v) is 9.62. The lowest BCUT2D eigenvalue weighted by Crippen LogP contribution is -2.23. The average molecular weight is 406 g/mol. The third-order valence-electron chi connectivity index (χ3n) is 4.77. The first-order chi connectivity index (χ1) is 14.1. The van der Waals surface area contributed by atoms with Gasteiger partial charge in [-0.15, -0.1) is 0 Å². The molecule has 0 radical (unpaired) electrons. The van der Waals surface area contributed by atoms with E-state index in [1.807, 2.05) is 71.4 Å². The molecule has 0 aliphatic carbocycles. The topological polar surface area (TPSA) is 56.2 Å². The lowest BCUT2D eigenvalue weighted by Gasteiger charge is -2.09. The Morgan fingerprint density at radius 2 is 1.97 bits per heavy atom. The van der Waals surface area contributed by atoms with Crippen molar-refractivity contribution in [2.24, 2.45) is 0 Å². The SMILES string of the molecule is COc1cccc(Cn2ncc3ccc(C(=O)NCc4ccccc4Cl)cc32)c1. The van der Waals surface area contributed by atoms with Gasteiger partial charge in [0.05, 0.1) is 25.4 Å². The number of ether oxygens (including phenoxy) is 1. The fraction of sp³-hybridized carbons (Fsp3) is 0.130. The summed E-state index contributed by atoms with van der Waals surface area (Å²) in [5.74, 6) is 0.652. The zero-order valence-electron chi connectivity index (χ0n) is 15.9. The van der Waals surface area contributed by atoms with E-state index in [1.165, 1.54) is 0 Å². The maximum absolute atomic E-state index is 12.6. The Bertz CT molecular complexity index is 1170. The molecule has 1 heterocycles. The molecular formula is C23H20ClN3O2. The quantitative estimate of drug-likeness (QED) is 0.507. The van der Waals surface area contributed by atoms with Crippen LogP contribution in [0.15, 0.2) is 72.9 Å². The number of nitrogens with one attached hydrogen (secondary N) is 1. The number of nitrogens with zero attached hydrogens (tertiary/aromatic N) is 2. The average Bonchev–Trinajstić information content (AvgIpc) is 3.15. The number of methoxy groups -OCH3 is 1. The van der Waals surface area contributed by atoms with Crippen molar-refractivity contribution in [1.29, 1.82) is 0 Å². The van der Waals surface area contributed by atoms with Gasteiger partial charge >= 0.3 is 0 Å². The van der Waals surface area contributed by atoms with Crippen LogP contribution in [0.1, 0.15) is 21.5 Å². The molecule has 0 unspecified atom stereocenters. The molecular weight excluding hydrogens is 386 g/mol. The van der Waals surface area contributed by atoms with Gasteiger partial charge in [-0.05, 0) is 41.5 Å². The molecule has 4 aromatic rings. The van der Waals surface area contributed by atoms with Gasteiger partial charge in [-0.2, -0.15) is 5.10 Å². The van der Waals surface area contributed by atoms with Gasteiger partial charge in [-0.1, -0.05) is 48.0 Å². The van der Waals surface area contributed by atoms with E-state index >= 15 is 0 Å². The first-order valence-electron chi connectivity index (χ1n) is 9.24. The Labute approximate surface area is 173 Å². The molecule has 6 heteroatoms. The van der Waals surface area contributed by atoms with Gasteiger partial charge in [-0.3, -0.25) is 9.48 Å². The van der Waals surface area contributed by atoms with Crippen molar-refractivity contribution in [3.05, 3.63) is 94.6 Å². The summed E-state index contributed by atoms with van der Waals surface area (Å²) in [5.41, 5.74) is 3.43. The van der Waals surface area contributed by atoms with Crippen molar-refractivity contribution < 1.29 is 9.53 Å². The molecule has 1 N–H and O–H groups in total. The minimum atomic E-state index is -0.152. The maximum Gasteiger partial charge on any atom is 0.251 e. The summed E-state index contributed by atoms with van der Waals surface area (Å²) in [7, 11) is 1.65. The van der Waals surface area contributed by atoms with Gasteiger partial charge in [0, 0.05) is 22.5 Å². The molecule has 0 aliphatic heterocycles. The number of halogens is 1. The summed E-state index contributed by atoms with van der Waals surface area (Å²) in [5, 5.41) is 9.03. The van der Waals surface area contributed by atoms with Crippen molar-refractivity contribution in [1.82, 2.24) is 15.1 Å². The number of fused-ring (bicyclic) bond motifs is 1. The van der Waals surface area contributed by atoms with Crippen LogP contribution in [0.3, 0.4) is 0 Å². The minimum Gasteiger partial charge on any atom is -0.497 e. The number of aromatic nitrogens is 2. The van der Waals surface area contributed by atoms with E-state index < -0.39 is 0 Å². The Morgan fingerprint density at radius 1 is 1.10 bits per heavy atom. The molecule has 29 heavy (non-hydrogen) atoms. The Balaban J connectivity index is 1.54. The van der Waals surface area contributed by atoms with Crippen LogP contribution in [-0.2, 0) is 13.1 Å². The van der Waals surface area contributed by atoms with Crippen LogP contribution >= 0.6 is 11.6 Å². The summed E-state index contributed by atoms with van der Waals surface area (Å²) in [6.45, 7) is 0.963. The van der Waals surface area contributed by atoms with Crippen LogP contribution in [0.5, 0.6) is 5.75 Å².